The molecule has 1 aromatic heterocycles. The number of hydrogen-bond acceptors (Lipinski definition) is 8. The summed E-state index contributed by atoms with van der Waals surface area (Å²) in [6.07, 6.45) is 1.70. The van der Waals surface area contributed by atoms with Crippen LogP contribution in [0.25, 0.3) is 0 Å². The summed E-state index contributed by atoms with van der Waals surface area (Å²) < 4.78 is 16.8. The van der Waals surface area contributed by atoms with Gasteiger partial charge in [0.15, 0.2) is 17.3 Å². The molecule has 28 heavy (non-hydrogen) atoms. The lowest BCUT2D eigenvalue weighted by Crippen LogP contribution is -2.15. The minimum atomic E-state index is 0.138. The van der Waals surface area contributed by atoms with Gasteiger partial charge in [0, 0.05) is 17.4 Å². The van der Waals surface area contributed by atoms with Crippen LogP contribution in [-0.2, 0) is 0 Å². The van der Waals surface area contributed by atoms with Crippen molar-refractivity contribution in [2.24, 2.45) is 0 Å². The lowest BCUT2D eigenvalue weighted by Gasteiger charge is -2.19. The summed E-state index contributed by atoms with van der Waals surface area (Å²) in [5, 5.41) is 14.4. The largest absolute Gasteiger partial charge is 0.491 e. The Hall–Kier alpha value is -3.55. The standard InChI is InChI=1S/C20H21N5O3/c1-13(2)28-16-6-3-14(4-7-16)22-19-12-21-25-20(24-19)23-15-5-8-17-18(11-15)27-10-9-26-17/h3-8,11-13H,9-10H2,1-2H3,(H2,22,23,24,25). The first-order chi connectivity index (χ1) is 13.7. The van der Waals surface area contributed by atoms with Gasteiger partial charge in [-0.05, 0) is 50.2 Å². The second-order valence-corrected chi connectivity index (χ2v) is 6.46. The predicted molar refractivity (Wildman–Crippen MR) is 106 cm³/mol. The van der Waals surface area contributed by atoms with Crippen molar-refractivity contribution < 1.29 is 14.2 Å². The van der Waals surface area contributed by atoms with Gasteiger partial charge in [-0.1, -0.05) is 0 Å². The van der Waals surface area contributed by atoms with Gasteiger partial charge in [-0.15, -0.1) is 5.10 Å². The summed E-state index contributed by atoms with van der Waals surface area (Å²) >= 11 is 0. The van der Waals surface area contributed by atoms with Crippen LogP contribution in [0.5, 0.6) is 17.2 Å². The summed E-state index contributed by atoms with van der Waals surface area (Å²) in [5.74, 6) is 3.20. The first-order valence-corrected chi connectivity index (χ1v) is 9.06. The number of benzene rings is 2. The summed E-state index contributed by atoms with van der Waals surface area (Å²) in [5.41, 5.74) is 1.67. The molecule has 8 nitrogen and oxygen atoms in total. The van der Waals surface area contributed by atoms with Gasteiger partial charge >= 0.3 is 0 Å². The molecule has 4 rings (SSSR count). The third kappa shape index (κ3) is 4.40. The number of ether oxygens (including phenoxy) is 3. The third-order valence-electron chi connectivity index (χ3n) is 3.86. The Labute approximate surface area is 162 Å². The Balaban J connectivity index is 1.44. The summed E-state index contributed by atoms with van der Waals surface area (Å²) in [6.45, 7) is 5.09. The van der Waals surface area contributed by atoms with Crippen molar-refractivity contribution in [1.82, 2.24) is 15.2 Å². The topological polar surface area (TPSA) is 90.4 Å². The van der Waals surface area contributed by atoms with Gasteiger partial charge in [0.05, 0.1) is 12.3 Å². The van der Waals surface area contributed by atoms with Crippen molar-refractivity contribution in [2.45, 2.75) is 20.0 Å². The minimum absolute atomic E-state index is 0.138. The quantitative estimate of drug-likeness (QED) is 0.666. The van der Waals surface area contributed by atoms with E-state index in [1.54, 1.807) is 6.20 Å². The Bertz CT molecular complexity index is 947. The first kappa shape index (κ1) is 17.8. The van der Waals surface area contributed by atoms with Crippen LogP contribution < -0.4 is 24.8 Å². The summed E-state index contributed by atoms with van der Waals surface area (Å²) in [7, 11) is 0. The van der Waals surface area contributed by atoms with Crippen LogP contribution in [0.2, 0.25) is 0 Å². The zero-order valence-electron chi connectivity index (χ0n) is 15.7. The Morgan fingerprint density at radius 3 is 2.46 bits per heavy atom. The van der Waals surface area contributed by atoms with E-state index in [4.69, 9.17) is 14.2 Å². The minimum Gasteiger partial charge on any atom is -0.491 e. The molecule has 0 atom stereocenters. The van der Waals surface area contributed by atoms with Crippen LogP contribution in [0.15, 0.2) is 48.7 Å². The molecule has 0 saturated carbocycles. The highest BCUT2D eigenvalue weighted by Crippen LogP contribution is 2.33. The molecule has 0 fully saturated rings. The fraction of sp³-hybridized carbons (Fsp3) is 0.250. The van der Waals surface area contributed by atoms with Crippen LogP contribution in [0, 0.1) is 0 Å². The molecule has 0 bridgehead atoms. The molecule has 2 aromatic carbocycles. The van der Waals surface area contributed by atoms with Gasteiger partial charge < -0.3 is 24.8 Å². The van der Waals surface area contributed by atoms with E-state index in [0.717, 1.165) is 22.9 Å². The van der Waals surface area contributed by atoms with E-state index in [0.29, 0.717) is 30.7 Å². The second kappa shape index (κ2) is 7.99. The summed E-state index contributed by atoms with van der Waals surface area (Å²) in [4.78, 5) is 4.45. The van der Waals surface area contributed by atoms with Crippen molar-refractivity contribution in [3.63, 3.8) is 0 Å². The SMILES string of the molecule is CC(C)Oc1ccc(Nc2cnnc(Nc3ccc4c(c3)OCCO4)n2)cc1. The van der Waals surface area contributed by atoms with E-state index in [-0.39, 0.29) is 6.10 Å². The maximum absolute atomic E-state index is 5.65. The van der Waals surface area contributed by atoms with Crippen molar-refractivity contribution in [2.75, 3.05) is 23.8 Å². The molecule has 0 unspecified atom stereocenters. The number of rotatable bonds is 6. The zero-order valence-corrected chi connectivity index (χ0v) is 15.7. The molecule has 0 saturated heterocycles. The molecule has 0 aliphatic carbocycles. The highest BCUT2D eigenvalue weighted by atomic mass is 16.6. The number of hydrogen-bond donors (Lipinski definition) is 2. The Morgan fingerprint density at radius 2 is 1.68 bits per heavy atom. The molecule has 1 aliphatic rings. The normalized spacial score (nSPS) is 12.5. The molecular formula is C20H21N5O3. The van der Waals surface area contributed by atoms with Gasteiger partial charge in [-0.3, -0.25) is 0 Å². The van der Waals surface area contributed by atoms with Gasteiger partial charge in [0.2, 0.25) is 5.95 Å². The fourth-order valence-electron chi connectivity index (χ4n) is 2.70. The van der Waals surface area contributed by atoms with Crippen molar-refractivity contribution in [1.29, 1.82) is 0 Å². The first-order valence-electron chi connectivity index (χ1n) is 9.06. The average Bonchev–Trinajstić information content (AvgIpc) is 2.69. The van der Waals surface area contributed by atoms with Gasteiger partial charge in [-0.2, -0.15) is 10.1 Å². The molecule has 0 amide bonds. The van der Waals surface area contributed by atoms with Crippen LogP contribution in [-0.4, -0.2) is 34.5 Å². The van der Waals surface area contributed by atoms with E-state index >= 15 is 0 Å². The molecule has 2 N–H and O–H groups in total. The lowest BCUT2D eigenvalue weighted by atomic mass is 10.2. The highest BCUT2D eigenvalue weighted by molar-refractivity contribution is 5.62. The van der Waals surface area contributed by atoms with Crippen molar-refractivity contribution >= 4 is 23.1 Å². The number of aromatic nitrogens is 3. The fourth-order valence-corrected chi connectivity index (χ4v) is 2.70. The van der Waals surface area contributed by atoms with Gasteiger partial charge in [0.25, 0.3) is 0 Å². The molecule has 8 heteroatoms. The third-order valence-corrected chi connectivity index (χ3v) is 3.86. The number of nitrogens with zero attached hydrogens (tertiary/aromatic N) is 3. The lowest BCUT2D eigenvalue weighted by molar-refractivity contribution is 0.171. The molecule has 0 radical (unpaired) electrons. The number of fused-ring (bicyclic) bond motifs is 1. The van der Waals surface area contributed by atoms with E-state index < -0.39 is 0 Å². The maximum atomic E-state index is 5.65. The van der Waals surface area contributed by atoms with Gasteiger partial charge in [-0.25, -0.2) is 0 Å². The van der Waals surface area contributed by atoms with Crippen LogP contribution >= 0.6 is 0 Å². The van der Waals surface area contributed by atoms with E-state index in [1.807, 2.05) is 56.3 Å². The predicted octanol–water partition coefficient (Wildman–Crippen LogP) is 3.92. The molecule has 0 spiro atoms. The Morgan fingerprint density at radius 1 is 0.929 bits per heavy atom. The molecule has 3 aromatic rings. The van der Waals surface area contributed by atoms with E-state index in [2.05, 4.69) is 25.8 Å². The summed E-state index contributed by atoms with van der Waals surface area (Å²) in [6, 6.07) is 13.3. The maximum Gasteiger partial charge on any atom is 0.249 e. The van der Waals surface area contributed by atoms with Crippen LogP contribution in [0.1, 0.15) is 13.8 Å². The molecule has 144 valence electrons. The van der Waals surface area contributed by atoms with Crippen LogP contribution in [0.3, 0.4) is 0 Å². The number of anilines is 4. The van der Waals surface area contributed by atoms with E-state index in [9.17, 15) is 0 Å². The zero-order chi connectivity index (χ0) is 19.3. The monoisotopic (exact) mass is 379 g/mol. The van der Waals surface area contributed by atoms with Crippen molar-refractivity contribution in [3.8, 4) is 17.2 Å². The average molecular weight is 379 g/mol. The second-order valence-electron chi connectivity index (χ2n) is 6.46. The highest BCUT2D eigenvalue weighted by Gasteiger charge is 2.12. The van der Waals surface area contributed by atoms with Crippen LogP contribution in [0.4, 0.5) is 23.1 Å². The van der Waals surface area contributed by atoms with E-state index in [1.165, 1.54) is 0 Å². The van der Waals surface area contributed by atoms with Gasteiger partial charge in [0.1, 0.15) is 19.0 Å². The van der Waals surface area contributed by atoms with Crippen molar-refractivity contribution in [3.05, 3.63) is 48.7 Å². The molecule has 1 aliphatic heterocycles. The molecule has 2 heterocycles. The Kier molecular flexibility index (Phi) is 5.09. The number of nitrogens with one attached hydrogen (secondary N) is 2. The molecular weight excluding hydrogens is 358 g/mol. The smallest absolute Gasteiger partial charge is 0.249 e.